The molecular weight excluding hydrogens is 464 g/mol. The van der Waals surface area contributed by atoms with Crippen molar-refractivity contribution in [3.63, 3.8) is 0 Å². The molecule has 4 rings (SSSR count). The maximum Gasteiger partial charge on any atom is 0.222 e. The molecule has 2 heterocycles. The molecule has 0 aliphatic carbocycles. The van der Waals surface area contributed by atoms with Crippen LogP contribution < -0.4 is 9.47 Å². The predicted molar refractivity (Wildman–Crippen MR) is 138 cm³/mol. The molecule has 1 N–H and O–H groups in total. The van der Waals surface area contributed by atoms with Crippen molar-refractivity contribution in [2.75, 3.05) is 39.4 Å². The molecule has 0 spiro atoms. The number of piperidine rings is 2. The highest BCUT2D eigenvalue weighted by molar-refractivity contribution is 6.32. The summed E-state index contributed by atoms with van der Waals surface area (Å²) in [4.78, 5) is 16.1. The van der Waals surface area contributed by atoms with Gasteiger partial charge in [-0.3, -0.25) is 9.69 Å². The second-order valence-corrected chi connectivity index (χ2v) is 10.4. The zero-order chi connectivity index (χ0) is 24.7. The van der Waals surface area contributed by atoms with Crippen LogP contribution in [-0.4, -0.2) is 65.8 Å². The summed E-state index contributed by atoms with van der Waals surface area (Å²) in [5, 5.41) is 11.7. The van der Waals surface area contributed by atoms with Crippen molar-refractivity contribution < 1.29 is 19.4 Å². The number of aryl methyl sites for hydroxylation is 1. The maximum atomic E-state index is 11.9. The number of benzene rings is 2. The molecule has 0 aromatic heterocycles. The molecule has 2 aliphatic heterocycles. The van der Waals surface area contributed by atoms with Gasteiger partial charge in [0.05, 0.1) is 11.6 Å². The van der Waals surface area contributed by atoms with Gasteiger partial charge >= 0.3 is 0 Å². The number of hydrogen-bond donors (Lipinski definition) is 1. The second-order valence-electron chi connectivity index (χ2n) is 9.94. The number of carbonyl (C=O) groups excluding carboxylic acids is 1. The quantitative estimate of drug-likeness (QED) is 0.473. The van der Waals surface area contributed by atoms with Crippen LogP contribution in [0.5, 0.6) is 11.5 Å². The van der Waals surface area contributed by atoms with Crippen LogP contribution >= 0.6 is 11.6 Å². The lowest BCUT2D eigenvalue weighted by Gasteiger charge is -2.39. The van der Waals surface area contributed by atoms with E-state index in [2.05, 4.69) is 17.0 Å². The summed E-state index contributed by atoms with van der Waals surface area (Å²) in [6.45, 7) is 6.75. The van der Waals surface area contributed by atoms with Crippen molar-refractivity contribution in [2.45, 2.75) is 57.6 Å². The molecule has 1 unspecified atom stereocenters. The van der Waals surface area contributed by atoms with Gasteiger partial charge in [-0.2, -0.15) is 0 Å². The first kappa shape index (κ1) is 25.8. The minimum atomic E-state index is -0.899. The Morgan fingerprint density at radius 3 is 2.69 bits per heavy atom. The van der Waals surface area contributed by atoms with E-state index in [1.165, 1.54) is 5.56 Å². The van der Waals surface area contributed by atoms with E-state index in [-0.39, 0.29) is 12.5 Å². The number of halogens is 1. The standard InChI is InChI=1S/C28H37ClN2O4/c1-22-7-12-25(29)26(18-22)35-21-28(33)13-4-14-30(20-28)19-23-8-10-24(11-9-23)34-17-5-16-31-15-3-2-6-27(31)32/h7-12,18,33H,2-6,13-17,19-21H2,1H3. The SMILES string of the molecule is Cc1ccc(Cl)c(OCC2(O)CCCN(Cc3ccc(OCCCN4CCCCC4=O)cc3)C2)c1. The fourth-order valence-corrected chi connectivity index (χ4v) is 5.06. The van der Waals surface area contributed by atoms with Crippen LogP contribution in [0.25, 0.3) is 0 Å². The van der Waals surface area contributed by atoms with Crippen LogP contribution in [0.4, 0.5) is 0 Å². The predicted octanol–water partition coefficient (Wildman–Crippen LogP) is 4.84. The van der Waals surface area contributed by atoms with Crippen LogP contribution in [0.3, 0.4) is 0 Å². The second kappa shape index (κ2) is 12.1. The number of rotatable bonds is 10. The Balaban J connectivity index is 1.21. The van der Waals surface area contributed by atoms with E-state index in [9.17, 15) is 9.90 Å². The molecule has 1 amide bonds. The normalized spacial score (nSPS) is 21.2. The number of nitrogens with zero attached hydrogens (tertiary/aromatic N) is 2. The Kier molecular flexibility index (Phi) is 8.93. The Morgan fingerprint density at radius 1 is 1.06 bits per heavy atom. The minimum absolute atomic E-state index is 0.225. The minimum Gasteiger partial charge on any atom is -0.494 e. The van der Waals surface area contributed by atoms with E-state index in [0.29, 0.717) is 36.8 Å². The summed E-state index contributed by atoms with van der Waals surface area (Å²) in [5.41, 5.74) is 1.36. The summed E-state index contributed by atoms with van der Waals surface area (Å²) in [5.74, 6) is 1.74. The Hall–Kier alpha value is -2.28. The zero-order valence-corrected chi connectivity index (χ0v) is 21.4. The number of aliphatic hydroxyl groups is 1. The number of β-amino-alcohol motifs (C(OH)–C–C–N with tert-alkyl or cyclic N) is 1. The molecule has 35 heavy (non-hydrogen) atoms. The molecule has 2 aliphatic rings. The van der Waals surface area contributed by atoms with Gasteiger partial charge in [0.1, 0.15) is 23.7 Å². The molecule has 1 atom stereocenters. The first-order valence-electron chi connectivity index (χ1n) is 12.7. The molecular formula is C28H37ClN2O4. The third-order valence-electron chi connectivity index (χ3n) is 6.81. The number of hydrogen-bond acceptors (Lipinski definition) is 5. The van der Waals surface area contributed by atoms with Crippen molar-refractivity contribution in [3.05, 3.63) is 58.6 Å². The maximum absolute atomic E-state index is 11.9. The first-order chi connectivity index (χ1) is 16.9. The molecule has 2 aromatic rings. The highest BCUT2D eigenvalue weighted by atomic mass is 35.5. The average Bonchev–Trinajstić information content (AvgIpc) is 2.84. The van der Waals surface area contributed by atoms with Crippen LogP contribution in [-0.2, 0) is 11.3 Å². The fraction of sp³-hybridized carbons (Fsp3) is 0.536. The number of carbonyl (C=O) groups is 1. The van der Waals surface area contributed by atoms with Crippen LogP contribution in [0.2, 0.25) is 5.02 Å². The smallest absolute Gasteiger partial charge is 0.222 e. The molecule has 6 nitrogen and oxygen atoms in total. The largest absolute Gasteiger partial charge is 0.494 e. The van der Waals surface area contributed by atoms with Gasteiger partial charge in [-0.25, -0.2) is 0 Å². The van der Waals surface area contributed by atoms with Gasteiger partial charge in [-0.1, -0.05) is 29.8 Å². The topological polar surface area (TPSA) is 62.2 Å². The average molecular weight is 501 g/mol. The molecule has 0 radical (unpaired) electrons. The lowest BCUT2D eigenvalue weighted by atomic mass is 9.93. The van der Waals surface area contributed by atoms with Crippen molar-refractivity contribution >= 4 is 17.5 Å². The summed E-state index contributed by atoms with van der Waals surface area (Å²) >= 11 is 6.25. The van der Waals surface area contributed by atoms with Gasteiger partial charge in [-0.05, 0) is 81.0 Å². The Labute approximate surface area is 213 Å². The van der Waals surface area contributed by atoms with Crippen molar-refractivity contribution in [2.24, 2.45) is 0 Å². The summed E-state index contributed by atoms with van der Waals surface area (Å²) in [7, 11) is 0. The molecule has 190 valence electrons. The van der Waals surface area contributed by atoms with Gasteiger partial charge in [-0.15, -0.1) is 0 Å². The van der Waals surface area contributed by atoms with E-state index in [0.717, 1.165) is 63.2 Å². The molecule has 0 saturated carbocycles. The highest BCUT2D eigenvalue weighted by Gasteiger charge is 2.34. The number of likely N-dealkylation sites (tertiary alicyclic amines) is 2. The van der Waals surface area contributed by atoms with E-state index in [4.69, 9.17) is 21.1 Å². The number of amides is 1. The van der Waals surface area contributed by atoms with Crippen LogP contribution in [0.1, 0.15) is 49.7 Å². The fourth-order valence-electron chi connectivity index (χ4n) is 4.89. The van der Waals surface area contributed by atoms with Gasteiger partial charge in [0.25, 0.3) is 0 Å². The number of ether oxygens (including phenoxy) is 2. The molecule has 2 saturated heterocycles. The van der Waals surface area contributed by atoms with E-state index in [1.54, 1.807) is 0 Å². The van der Waals surface area contributed by atoms with Crippen molar-refractivity contribution in [3.8, 4) is 11.5 Å². The van der Waals surface area contributed by atoms with Crippen molar-refractivity contribution in [1.29, 1.82) is 0 Å². The van der Waals surface area contributed by atoms with Crippen LogP contribution in [0, 0.1) is 6.92 Å². The van der Waals surface area contributed by atoms with E-state index < -0.39 is 5.60 Å². The van der Waals surface area contributed by atoms with Crippen LogP contribution in [0.15, 0.2) is 42.5 Å². The lowest BCUT2D eigenvalue weighted by molar-refractivity contribution is -0.133. The lowest BCUT2D eigenvalue weighted by Crippen LogP contribution is -2.51. The monoisotopic (exact) mass is 500 g/mol. The molecule has 7 heteroatoms. The third-order valence-corrected chi connectivity index (χ3v) is 7.12. The highest BCUT2D eigenvalue weighted by Crippen LogP contribution is 2.29. The molecule has 2 fully saturated rings. The summed E-state index contributed by atoms with van der Waals surface area (Å²) in [6.07, 6.45) is 5.28. The third kappa shape index (κ3) is 7.60. The van der Waals surface area contributed by atoms with Gasteiger partial charge in [0, 0.05) is 32.6 Å². The molecule has 0 bridgehead atoms. The van der Waals surface area contributed by atoms with Gasteiger partial charge in [0.2, 0.25) is 5.91 Å². The Morgan fingerprint density at radius 2 is 1.89 bits per heavy atom. The van der Waals surface area contributed by atoms with E-state index in [1.807, 2.05) is 42.2 Å². The zero-order valence-electron chi connectivity index (χ0n) is 20.7. The summed E-state index contributed by atoms with van der Waals surface area (Å²) in [6, 6.07) is 13.8. The summed E-state index contributed by atoms with van der Waals surface area (Å²) < 4.78 is 11.8. The first-order valence-corrected chi connectivity index (χ1v) is 13.1. The Bertz CT molecular complexity index is 983. The van der Waals surface area contributed by atoms with Crippen molar-refractivity contribution in [1.82, 2.24) is 9.80 Å². The van der Waals surface area contributed by atoms with Gasteiger partial charge < -0.3 is 19.5 Å². The van der Waals surface area contributed by atoms with E-state index >= 15 is 0 Å². The van der Waals surface area contributed by atoms with Gasteiger partial charge in [0.15, 0.2) is 0 Å². The molecule has 2 aromatic carbocycles.